The molecule has 0 saturated carbocycles. The number of aliphatic hydroxyl groups is 8. The van der Waals surface area contributed by atoms with Crippen molar-refractivity contribution in [2.24, 2.45) is 0 Å². The number of amides is 1. The van der Waals surface area contributed by atoms with Gasteiger partial charge in [-0.05, 0) is 25.7 Å². The summed E-state index contributed by atoms with van der Waals surface area (Å²) in [5.41, 5.74) is 0. The largest absolute Gasteiger partial charge is 1.00 e. The molecule has 1 saturated heterocycles. The van der Waals surface area contributed by atoms with Crippen LogP contribution in [0.2, 0.25) is 0 Å². The van der Waals surface area contributed by atoms with Crippen molar-refractivity contribution in [1.29, 1.82) is 0 Å². The maximum Gasteiger partial charge on any atom is 1.00 e. The van der Waals surface area contributed by atoms with Gasteiger partial charge in [-0.15, -0.1) is 0 Å². The monoisotopic (exact) mass is 788 g/mol. The molecule has 1 aliphatic rings. The van der Waals surface area contributed by atoms with Crippen LogP contribution in [0.5, 0.6) is 0 Å². The van der Waals surface area contributed by atoms with Crippen LogP contribution in [0.3, 0.4) is 0 Å². The third-order valence-electron chi connectivity index (χ3n) is 10.3. The number of carbonyl (C=O) groups is 2. The Morgan fingerprint density at radius 1 is 0.667 bits per heavy atom. The van der Waals surface area contributed by atoms with E-state index in [9.17, 15) is 55.5 Å². The molecule has 1 rings (SSSR count). The average Bonchev–Trinajstić information content (AvgIpc) is 3.14. The van der Waals surface area contributed by atoms with Gasteiger partial charge in [0.25, 0.3) is 0 Å². The van der Waals surface area contributed by atoms with E-state index < -0.39 is 74.3 Å². The normalized spacial score (nSPS) is 22.3. The number of carboxylic acid groups (broad SMARTS) is 1. The fraction of sp³-hybridized carbons (Fsp3) is 0.949. The molecule has 1 amide bonds. The van der Waals surface area contributed by atoms with E-state index in [0.717, 1.165) is 57.8 Å². The second-order valence-corrected chi connectivity index (χ2v) is 14.9. The molecule has 314 valence electrons. The first-order chi connectivity index (χ1) is 25.5. The molecule has 54 heavy (non-hydrogen) atoms. The molecule has 14 nitrogen and oxygen atoms in total. The van der Waals surface area contributed by atoms with Crippen molar-refractivity contribution < 1.29 is 94.6 Å². The zero-order chi connectivity index (χ0) is 39.4. The molecule has 0 bridgehead atoms. The predicted molar refractivity (Wildman–Crippen MR) is 197 cm³/mol. The van der Waals surface area contributed by atoms with E-state index in [-0.39, 0.29) is 54.9 Å². The Hall–Kier alpha value is -0.460. The quantitative estimate of drug-likeness (QED) is 0.0284. The van der Waals surface area contributed by atoms with Crippen molar-refractivity contribution >= 4 is 11.9 Å². The third kappa shape index (κ3) is 23.1. The fourth-order valence-corrected chi connectivity index (χ4v) is 6.79. The van der Waals surface area contributed by atoms with Crippen molar-refractivity contribution in [3.05, 3.63) is 0 Å². The van der Waals surface area contributed by atoms with E-state index in [1.54, 1.807) is 0 Å². The summed E-state index contributed by atoms with van der Waals surface area (Å²) < 4.78 is 10.9. The zero-order valence-corrected chi connectivity index (χ0v) is 35.4. The van der Waals surface area contributed by atoms with Crippen molar-refractivity contribution in [2.75, 3.05) is 26.3 Å². The first kappa shape index (κ1) is 53.5. The average molecular weight is 788 g/mol. The van der Waals surface area contributed by atoms with Gasteiger partial charge >= 0.3 is 29.6 Å². The van der Waals surface area contributed by atoms with Gasteiger partial charge in [0.2, 0.25) is 5.91 Å². The van der Waals surface area contributed by atoms with Gasteiger partial charge in [0.05, 0.1) is 13.2 Å². The van der Waals surface area contributed by atoms with E-state index in [4.69, 9.17) is 9.47 Å². The van der Waals surface area contributed by atoms with Crippen molar-refractivity contribution in [1.82, 2.24) is 4.90 Å². The van der Waals surface area contributed by atoms with Crippen LogP contribution in [-0.2, 0) is 19.1 Å². The van der Waals surface area contributed by atoms with Gasteiger partial charge in [0.15, 0.2) is 6.29 Å². The minimum Gasteiger partial charge on any atom is -0.550 e. The first-order valence-electron chi connectivity index (χ1n) is 20.6. The van der Waals surface area contributed by atoms with Gasteiger partial charge in [-0.1, -0.05) is 122 Å². The molecule has 0 aromatic carbocycles. The smallest absolute Gasteiger partial charge is 0.550 e. The topological polar surface area (TPSA) is 241 Å². The summed E-state index contributed by atoms with van der Waals surface area (Å²) in [4.78, 5) is 25.5. The van der Waals surface area contributed by atoms with Crippen LogP contribution in [0, 0.1) is 0 Å². The molecule has 0 aromatic heterocycles. The Balaban J connectivity index is 0.0000281. The van der Waals surface area contributed by atoms with Gasteiger partial charge in [0.1, 0.15) is 48.8 Å². The molecule has 8 N–H and O–H groups in total. The van der Waals surface area contributed by atoms with Crippen LogP contribution < -0.4 is 34.7 Å². The number of rotatable bonds is 34. The van der Waals surface area contributed by atoms with Crippen LogP contribution in [0.15, 0.2) is 0 Å². The second-order valence-electron chi connectivity index (χ2n) is 14.9. The summed E-state index contributed by atoms with van der Waals surface area (Å²) in [5.74, 6) is -1.21. The Morgan fingerprint density at radius 3 is 1.59 bits per heavy atom. The van der Waals surface area contributed by atoms with Crippen LogP contribution in [-0.4, -0.2) is 139 Å². The molecule has 0 spiro atoms. The summed E-state index contributed by atoms with van der Waals surface area (Å²) in [6.07, 6.45) is 7.01. The third-order valence-corrected chi connectivity index (χ3v) is 10.3. The molecule has 15 heteroatoms. The number of aliphatic carboxylic acids is 1. The number of aliphatic hydroxyl groups excluding tert-OH is 8. The predicted octanol–water partition coefficient (Wildman–Crippen LogP) is -1.18. The number of hydrogen-bond donors (Lipinski definition) is 8. The van der Waals surface area contributed by atoms with Gasteiger partial charge in [-0.25, -0.2) is 0 Å². The van der Waals surface area contributed by atoms with Crippen molar-refractivity contribution in [3.63, 3.8) is 0 Å². The number of unbranched alkanes of at least 4 members (excludes halogenated alkanes) is 19. The standard InChI is InChI=1S/C39H75NO13.Na/c1-2-3-4-5-6-7-8-9-10-11-14-17-20-23-32(45)40(25-22-19-16-13-12-15-18-21-24-33(46)47)26-29(43)34(48)38(30(44)27-41)53-39-37(51)36(50)35(49)31(28-42)52-39;/h29-31,34-39,41-44,48-51H,2-28H2,1H3,(H,46,47);/q;+1/p-1. The van der Waals surface area contributed by atoms with Gasteiger partial charge in [-0.3, -0.25) is 4.79 Å². The van der Waals surface area contributed by atoms with E-state index in [1.807, 2.05) is 0 Å². The minimum atomic E-state index is -1.87. The van der Waals surface area contributed by atoms with Crippen LogP contribution in [0.4, 0.5) is 0 Å². The Morgan fingerprint density at radius 2 is 1.13 bits per heavy atom. The number of carbonyl (C=O) groups excluding carboxylic acids is 2. The van der Waals surface area contributed by atoms with Crippen LogP contribution in [0.25, 0.3) is 0 Å². The summed E-state index contributed by atoms with van der Waals surface area (Å²) in [6, 6.07) is 0. The Bertz CT molecular complexity index is 920. The van der Waals surface area contributed by atoms with E-state index in [2.05, 4.69) is 6.92 Å². The second kappa shape index (κ2) is 33.5. The molecule has 1 heterocycles. The number of hydrogen-bond acceptors (Lipinski definition) is 13. The summed E-state index contributed by atoms with van der Waals surface area (Å²) in [5, 5.41) is 93.1. The Kier molecular flexibility index (Phi) is 33.2. The van der Waals surface area contributed by atoms with Crippen molar-refractivity contribution in [2.45, 2.75) is 210 Å². The molecule has 9 unspecified atom stereocenters. The van der Waals surface area contributed by atoms with Gasteiger partial charge < -0.3 is 65.1 Å². The van der Waals surface area contributed by atoms with Gasteiger partial charge in [-0.2, -0.15) is 0 Å². The molecule has 0 radical (unpaired) electrons. The molecule has 1 fully saturated rings. The SMILES string of the molecule is CCCCCCCCCCCCCCCC(=O)N(CCCCCCCCCCC(=O)[O-])CC(O)C(O)C(OC1OC(CO)C(O)C(O)C1O)C(O)CO.[Na+]. The maximum absolute atomic E-state index is 13.4. The van der Waals surface area contributed by atoms with E-state index >= 15 is 0 Å². The number of carboxylic acids is 1. The Labute approximate surface area is 345 Å². The number of nitrogens with zero attached hydrogens (tertiary/aromatic N) is 1. The first-order valence-corrected chi connectivity index (χ1v) is 20.6. The summed E-state index contributed by atoms with van der Waals surface area (Å²) in [6.45, 7) is 0.634. The summed E-state index contributed by atoms with van der Waals surface area (Å²) in [7, 11) is 0. The van der Waals surface area contributed by atoms with E-state index in [1.165, 1.54) is 62.7 Å². The fourth-order valence-electron chi connectivity index (χ4n) is 6.79. The van der Waals surface area contributed by atoms with Crippen LogP contribution in [0.1, 0.15) is 155 Å². The van der Waals surface area contributed by atoms with E-state index in [0.29, 0.717) is 25.8 Å². The minimum absolute atomic E-state index is 0. The van der Waals surface area contributed by atoms with Gasteiger partial charge in [0, 0.05) is 25.5 Å². The van der Waals surface area contributed by atoms with Crippen molar-refractivity contribution in [3.8, 4) is 0 Å². The number of ether oxygens (including phenoxy) is 2. The van der Waals surface area contributed by atoms with Crippen LogP contribution >= 0.6 is 0 Å². The zero-order valence-electron chi connectivity index (χ0n) is 33.4. The molecule has 1 aliphatic heterocycles. The molecule has 9 atom stereocenters. The maximum atomic E-state index is 13.4. The molecular weight excluding hydrogens is 713 g/mol. The molecule has 0 aromatic rings. The summed E-state index contributed by atoms with van der Waals surface area (Å²) >= 11 is 0. The molecular formula is C39H74NNaO13. The molecule has 0 aliphatic carbocycles.